The van der Waals surface area contributed by atoms with Gasteiger partial charge in [0.15, 0.2) is 0 Å². The fraction of sp³-hybridized carbons (Fsp3) is 1.00. The smallest absolute Gasteiger partial charge is 0.302 e. The largest absolute Gasteiger partial charge is 0.482 e. The summed E-state index contributed by atoms with van der Waals surface area (Å²) in [5.41, 5.74) is 0. The van der Waals surface area contributed by atoms with Gasteiger partial charge in [0.2, 0.25) is 0 Å². The van der Waals surface area contributed by atoms with Gasteiger partial charge in [-0.05, 0) is 19.5 Å². The van der Waals surface area contributed by atoms with Crippen molar-refractivity contribution in [2.75, 3.05) is 13.1 Å². The zero-order valence-corrected chi connectivity index (χ0v) is 11.8. The molecule has 0 rings (SSSR count). The summed E-state index contributed by atoms with van der Waals surface area (Å²) in [4.78, 5) is 27.8. The van der Waals surface area contributed by atoms with Crippen LogP contribution in [0.1, 0.15) is 27.2 Å². The number of hydrogen-bond donors (Lipinski definition) is 3. The van der Waals surface area contributed by atoms with Crippen LogP contribution in [0.15, 0.2) is 0 Å². The van der Waals surface area contributed by atoms with Crippen LogP contribution >= 0.6 is 15.6 Å². The normalized spacial score (nSPS) is 18.1. The maximum Gasteiger partial charge on any atom is 0.482 e. The average Bonchev–Trinajstić information content (AvgIpc) is 2.13. The topological polar surface area (TPSA) is 117 Å². The van der Waals surface area contributed by atoms with Crippen molar-refractivity contribution in [3.63, 3.8) is 0 Å². The van der Waals surface area contributed by atoms with E-state index in [0.29, 0.717) is 19.5 Å². The summed E-state index contributed by atoms with van der Waals surface area (Å²) >= 11 is 0. The van der Waals surface area contributed by atoms with Crippen LogP contribution in [0.3, 0.4) is 0 Å². The minimum atomic E-state index is -5.06. The van der Waals surface area contributed by atoms with Crippen molar-refractivity contribution < 1.29 is 32.6 Å². The third-order valence-corrected chi connectivity index (χ3v) is 4.22. The molecule has 0 amide bonds. The van der Waals surface area contributed by atoms with E-state index < -0.39 is 21.9 Å². The molecule has 0 bridgehead atoms. The van der Waals surface area contributed by atoms with Gasteiger partial charge in [-0.15, -0.1) is 0 Å². The summed E-state index contributed by atoms with van der Waals surface area (Å²) < 4.78 is 30.3. The Morgan fingerprint density at radius 1 is 1.12 bits per heavy atom. The lowest BCUT2D eigenvalue weighted by Crippen LogP contribution is -2.36. The van der Waals surface area contributed by atoms with E-state index in [1.807, 2.05) is 13.8 Å². The van der Waals surface area contributed by atoms with Gasteiger partial charge in [-0.25, -0.2) is 9.13 Å². The van der Waals surface area contributed by atoms with Crippen molar-refractivity contribution in [2.45, 2.75) is 33.4 Å². The van der Waals surface area contributed by atoms with Crippen molar-refractivity contribution in [1.29, 1.82) is 0 Å². The molecule has 104 valence electrons. The van der Waals surface area contributed by atoms with Crippen LogP contribution in [0.2, 0.25) is 0 Å². The Kier molecular flexibility index (Phi) is 7.06. The van der Waals surface area contributed by atoms with Crippen LogP contribution in [0.5, 0.6) is 0 Å². The first kappa shape index (κ1) is 17.2. The van der Waals surface area contributed by atoms with E-state index in [9.17, 15) is 14.0 Å². The summed E-state index contributed by atoms with van der Waals surface area (Å²) in [6, 6.07) is 0. The second-order valence-electron chi connectivity index (χ2n) is 3.23. The highest BCUT2D eigenvalue weighted by Gasteiger charge is 2.35. The Morgan fingerprint density at radius 3 is 1.88 bits per heavy atom. The lowest BCUT2D eigenvalue weighted by atomic mass is 10.3. The van der Waals surface area contributed by atoms with Crippen molar-refractivity contribution in [3.8, 4) is 0 Å². The Labute approximate surface area is 100 Å². The highest BCUT2D eigenvalue weighted by atomic mass is 31.3. The molecule has 2 atom stereocenters. The van der Waals surface area contributed by atoms with E-state index >= 15 is 0 Å². The number of phosphoric acid groups is 2. The number of phosphoric ester groups is 1. The fourth-order valence-corrected chi connectivity index (χ4v) is 3.16. The van der Waals surface area contributed by atoms with E-state index in [1.165, 1.54) is 0 Å². The van der Waals surface area contributed by atoms with Crippen LogP contribution in [0.4, 0.5) is 0 Å². The lowest BCUT2D eigenvalue weighted by Gasteiger charge is -2.29. The maximum absolute atomic E-state index is 11.3. The molecular formula is C7H19NO7P2. The SMILES string of the molecule is CCC(OP(=O)(O)OP(=O)(O)O)N(CC)CC. The second kappa shape index (κ2) is 6.97. The van der Waals surface area contributed by atoms with Crippen LogP contribution in [0.25, 0.3) is 0 Å². The molecule has 0 aliphatic rings. The van der Waals surface area contributed by atoms with Crippen LogP contribution in [-0.4, -0.2) is 38.9 Å². The second-order valence-corrected chi connectivity index (χ2v) is 6.01. The molecule has 0 saturated heterocycles. The summed E-state index contributed by atoms with van der Waals surface area (Å²) in [6.45, 7) is 6.54. The average molecular weight is 291 g/mol. The van der Waals surface area contributed by atoms with Crippen molar-refractivity contribution in [1.82, 2.24) is 4.90 Å². The summed E-state index contributed by atoms with van der Waals surface area (Å²) in [5.74, 6) is 0. The first-order chi connectivity index (χ1) is 7.65. The van der Waals surface area contributed by atoms with E-state index in [-0.39, 0.29) is 0 Å². The van der Waals surface area contributed by atoms with E-state index in [1.54, 1.807) is 11.8 Å². The van der Waals surface area contributed by atoms with Gasteiger partial charge in [0.25, 0.3) is 0 Å². The van der Waals surface area contributed by atoms with Gasteiger partial charge in [0.05, 0.1) is 0 Å². The third kappa shape index (κ3) is 7.28. The minimum Gasteiger partial charge on any atom is -0.302 e. The van der Waals surface area contributed by atoms with Gasteiger partial charge in [-0.2, -0.15) is 4.31 Å². The van der Waals surface area contributed by atoms with Crippen LogP contribution in [-0.2, 0) is 18.0 Å². The van der Waals surface area contributed by atoms with Gasteiger partial charge in [0.1, 0.15) is 6.23 Å². The number of nitrogens with zero attached hydrogens (tertiary/aromatic N) is 1. The van der Waals surface area contributed by atoms with Gasteiger partial charge < -0.3 is 14.7 Å². The molecule has 0 radical (unpaired) electrons. The monoisotopic (exact) mass is 291 g/mol. The molecule has 17 heavy (non-hydrogen) atoms. The molecule has 0 heterocycles. The Balaban J connectivity index is 4.66. The first-order valence-electron chi connectivity index (χ1n) is 5.17. The number of hydrogen-bond acceptors (Lipinski definition) is 5. The Hall–Kier alpha value is 0.220. The molecule has 10 heteroatoms. The molecule has 0 aromatic rings. The fourth-order valence-electron chi connectivity index (χ4n) is 1.34. The van der Waals surface area contributed by atoms with Gasteiger partial charge in [-0.3, -0.25) is 9.42 Å². The molecule has 3 N–H and O–H groups in total. The molecule has 0 saturated carbocycles. The van der Waals surface area contributed by atoms with Crippen LogP contribution in [0, 0.1) is 0 Å². The van der Waals surface area contributed by atoms with Crippen molar-refractivity contribution >= 4 is 15.6 Å². The van der Waals surface area contributed by atoms with Crippen molar-refractivity contribution in [3.05, 3.63) is 0 Å². The zero-order valence-electron chi connectivity index (χ0n) is 10.0. The first-order valence-corrected chi connectivity index (χ1v) is 8.19. The molecule has 2 unspecified atom stereocenters. The number of rotatable bonds is 8. The van der Waals surface area contributed by atoms with Gasteiger partial charge in [0, 0.05) is 0 Å². The summed E-state index contributed by atoms with van der Waals surface area (Å²) in [6.07, 6.45) is -0.344. The Morgan fingerprint density at radius 2 is 1.59 bits per heavy atom. The molecule has 0 spiro atoms. The quantitative estimate of drug-likeness (QED) is 0.452. The lowest BCUT2D eigenvalue weighted by molar-refractivity contribution is 0.00670. The standard InChI is InChI=1S/C7H19NO7P2/c1-4-7(8(5-2)6-3)14-17(12,13)15-16(9,10)11/h7H,4-6H2,1-3H3,(H,12,13)(H2,9,10,11). The molecule has 0 aromatic heterocycles. The predicted octanol–water partition coefficient (Wildman–Crippen LogP) is 1.29. The van der Waals surface area contributed by atoms with E-state index in [4.69, 9.17) is 14.3 Å². The highest BCUT2D eigenvalue weighted by molar-refractivity contribution is 7.60. The maximum atomic E-state index is 11.3. The van der Waals surface area contributed by atoms with Gasteiger partial charge >= 0.3 is 15.6 Å². The highest BCUT2D eigenvalue weighted by Crippen LogP contribution is 2.58. The predicted molar refractivity (Wildman–Crippen MR) is 61.0 cm³/mol. The Bertz CT molecular complexity index is 313. The molecule has 8 nitrogen and oxygen atoms in total. The zero-order chi connectivity index (χ0) is 13.7. The molecule has 0 aliphatic carbocycles. The van der Waals surface area contributed by atoms with Gasteiger partial charge in [-0.1, -0.05) is 20.8 Å². The third-order valence-electron chi connectivity index (χ3n) is 2.03. The molecule has 0 aliphatic heterocycles. The van der Waals surface area contributed by atoms with Crippen molar-refractivity contribution in [2.24, 2.45) is 0 Å². The molecular weight excluding hydrogens is 272 g/mol. The van der Waals surface area contributed by atoms with E-state index in [0.717, 1.165) is 0 Å². The van der Waals surface area contributed by atoms with Crippen LogP contribution < -0.4 is 0 Å². The minimum absolute atomic E-state index is 0.386. The molecule has 0 aromatic carbocycles. The van der Waals surface area contributed by atoms with E-state index in [2.05, 4.69) is 4.31 Å². The summed E-state index contributed by atoms with van der Waals surface area (Å²) in [7, 11) is -9.83. The summed E-state index contributed by atoms with van der Waals surface area (Å²) in [5, 5.41) is 0. The molecule has 0 fully saturated rings.